The van der Waals surface area contributed by atoms with Crippen LogP contribution in [0.4, 0.5) is 4.39 Å². The van der Waals surface area contributed by atoms with Crippen LogP contribution in [-0.4, -0.2) is 28.0 Å². The molecule has 1 unspecified atom stereocenters. The van der Waals surface area contributed by atoms with E-state index in [2.05, 4.69) is 6.58 Å². The SMILES string of the molecule is C=C(/C(=C/CO)C(O)CC/C(=C/c1ccc(O)c(F)c1)CC)C(C)C. The molecule has 138 valence electrons. The Bertz CT molecular complexity index is 645. The molecule has 0 bridgehead atoms. The van der Waals surface area contributed by atoms with Crippen molar-refractivity contribution in [2.45, 2.75) is 46.1 Å². The van der Waals surface area contributed by atoms with Gasteiger partial charge in [0.15, 0.2) is 11.6 Å². The molecule has 1 aromatic rings. The van der Waals surface area contributed by atoms with Crippen molar-refractivity contribution in [1.82, 2.24) is 0 Å². The summed E-state index contributed by atoms with van der Waals surface area (Å²) in [6, 6.07) is 4.28. The molecule has 0 aliphatic rings. The highest BCUT2D eigenvalue weighted by atomic mass is 19.1. The first-order chi connectivity index (χ1) is 11.8. The smallest absolute Gasteiger partial charge is 0.165 e. The summed E-state index contributed by atoms with van der Waals surface area (Å²) in [6.45, 7) is 9.87. The Morgan fingerprint density at radius 2 is 2.00 bits per heavy atom. The van der Waals surface area contributed by atoms with Crippen molar-refractivity contribution in [2.75, 3.05) is 6.61 Å². The molecule has 0 saturated heterocycles. The first-order valence-corrected chi connectivity index (χ1v) is 8.66. The van der Waals surface area contributed by atoms with E-state index in [0.29, 0.717) is 24.0 Å². The fraction of sp³-hybridized carbons (Fsp3) is 0.429. The number of aromatic hydroxyl groups is 1. The van der Waals surface area contributed by atoms with Crippen molar-refractivity contribution < 1.29 is 19.7 Å². The van der Waals surface area contributed by atoms with E-state index < -0.39 is 11.9 Å². The van der Waals surface area contributed by atoms with E-state index in [0.717, 1.165) is 17.6 Å². The first-order valence-electron chi connectivity index (χ1n) is 8.66. The molecule has 3 nitrogen and oxygen atoms in total. The lowest BCUT2D eigenvalue weighted by Gasteiger charge is -2.20. The van der Waals surface area contributed by atoms with E-state index in [9.17, 15) is 19.7 Å². The lowest BCUT2D eigenvalue weighted by atomic mass is 9.89. The van der Waals surface area contributed by atoms with Crippen molar-refractivity contribution in [3.8, 4) is 5.75 Å². The molecular weight excluding hydrogens is 319 g/mol. The Hall–Kier alpha value is -1.91. The Morgan fingerprint density at radius 1 is 1.32 bits per heavy atom. The zero-order valence-electron chi connectivity index (χ0n) is 15.3. The molecule has 1 aromatic carbocycles. The molecule has 1 rings (SSSR count). The predicted molar refractivity (Wildman–Crippen MR) is 101 cm³/mol. The lowest BCUT2D eigenvalue weighted by molar-refractivity contribution is 0.199. The van der Waals surface area contributed by atoms with Crippen LogP contribution in [-0.2, 0) is 0 Å². The van der Waals surface area contributed by atoms with Gasteiger partial charge >= 0.3 is 0 Å². The molecule has 0 heterocycles. The summed E-state index contributed by atoms with van der Waals surface area (Å²) in [5.74, 6) is -0.823. The van der Waals surface area contributed by atoms with Crippen molar-refractivity contribution in [1.29, 1.82) is 0 Å². The summed E-state index contributed by atoms with van der Waals surface area (Å²) >= 11 is 0. The van der Waals surface area contributed by atoms with E-state index in [1.54, 1.807) is 12.1 Å². The van der Waals surface area contributed by atoms with Gasteiger partial charge in [0, 0.05) is 0 Å². The molecule has 1 atom stereocenters. The number of allylic oxidation sites excluding steroid dienone is 1. The maximum atomic E-state index is 13.4. The number of aliphatic hydroxyl groups is 2. The summed E-state index contributed by atoms with van der Waals surface area (Å²) in [5.41, 5.74) is 3.26. The minimum absolute atomic E-state index is 0.138. The van der Waals surface area contributed by atoms with Crippen molar-refractivity contribution >= 4 is 6.08 Å². The Labute approximate surface area is 149 Å². The van der Waals surface area contributed by atoms with Crippen LogP contribution in [0.1, 0.15) is 45.6 Å². The van der Waals surface area contributed by atoms with E-state index in [1.165, 1.54) is 12.1 Å². The van der Waals surface area contributed by atoms with Gasteiger partial charge in [-0.2, -0.15) is 0 Å². The van der Waals surface area contributed by atoms with Crippen LogP contribution in [0, 0.1) is 11.7 Å². The minimum atomic E-state index is -0.700. The van der Waals surface area contributed by atoms with Gasteiger partial charge in [0.05, 0.1) is 12.7 Å². The third-order valence-electron chi connectivity index (χ3n) is 4.27. The zero-order chi connectivity index (χ0) is 19.0. The number of hydrogen-bond acceptors (Lipinski definition) is 3. The summed E-state index contributed by atoms with van der Waals surface area (Å²) in [7, 11) is 0. The second-order valence-electron chi connectivity index (χ2n) is 6.44. The van der Waals surface area contributed by atoms with Gasteiger partial charge in [-0.05, 0) is 54.0 Å². The molecule has 0 aliphatic heterocycles. The average molecular weight is 348 g/mol. The summed E-state index contributed by atoms with van der Waals surface area (Å²) in [5, 5.41) is 28.9. The maximum Gasteiger partial charge on any atom is 0.165 e. The first kappa shape index (κ1) is 21.1. The molecule has 0 spiro atoms. The number of aliphatic hydroxyl groups excluding tert-OH is 2. The Morgan fingerprint density at radius 3 is 2.52 bits per heavy atom. The summed E-state index contributed by atoms with van der Waals surface area (Å²) in [6.07, 6.45) is 4.71. The lowest BCUT2D eigenvalue weighted by Crippen LogP contribution is -2.15. The third kappa shape index (κ3) is 6.48. The number of benzene rings is 1. The average Bonchev–Trinajstić information content (AvgIpc) is 2.58. The highest BCUT2D eigenvalue weighted by molar-refractivity contribution is 5.54. The number of hydrogen-bond donors (Lipinski definition) is 3. The van der Waals surface area contributed by atoms with Gasteiger partial charge < -0.3 is 15.3 Å². The van der Waals surface area contributed by atoms with E-state index in [4.69, 9.17) is 0 Å². The molecule has 0 amide bonds. The topological polar surface area (TPSA) is 60.7 Å². The zero-order valence-corrected chi connectivity index (χ0v) is 15.3. The van der Waals surface area contributed by atoms with Crippen LogP contribution in [0.2, 0.25) is 0 Å². The van der Waals surface area contributed by atoms with Crippen LogP contribution in [0.5, 0.6) is 5.75 Å². The molecule has 4 heteroatoms. The monoisotopic (exact) mass is 348 g/mol. The van der Waals surface area contributed by atoms with Gasteiger partial charge in [0.25, 0.3) is 0 Å². The molecule has 0 aromatic heterocycles. The molecule has 3 N–H and O–H groups in total. The van der Waals surface area contributed by atoms with Crippen LogP contribution in [0.3, 0.4) is 0 Å². The predicted octanol–water partition coefficient (Wildman–Crippen LogP) is 4.60. The van der Waals surface area contributed by atoms with Crippen molar-refractivity contribution in [3.05, 3.63) is 59.0 Å². The molecular formula is C21H29FO3. The molecule has 0 radical (unpaired) electrons. The highest BCUT2D eigenvalue weighted by Gasteiger charge is 2.16. The number of phenolic OH excluding ortho intramolecular Hbond substituents is 1. The quantitative estimate of drug-likeness (QED) is 0.572. The van der Waals surface area contributed by atoms with Gasteiger partial charge in [-0.25, -0.2) is 4.39 Å². The van der Waals surface area contributed by atoms with E-state index in [1.807, 2.05) is 26.8 Å². The highest BCUT2D eigenvalue weighted by Crippen LogP contribution is 2.26. The summed E-state index contributed by atoms with van der Waals surface area (Å²) < 4.78 is 13.4. The van der Waals surface area contributed by atoms with E-state index in [-0.39, 0.29) is 18.3 Å². The van der Waals surface area contributed by atoms with Crippen LogP contribution >= 0.6 is 0 Å². The molecule has 0 fully saturated rings. The molecule has 0 saturated carbocycles. The second kappa shape index (κ2) is 10.2. The number of phenols is 1. The fourth-order valence-corrected chi connectivity index (χ4v) is 2.59. The largest absolute Gasteiger partial charge is 0.505 e. The minimum Gasteiger partial charge on any atom is -0.505 e. The van der Waals surface area contributed by atoms with Gasteiger partial charge in [0.1, 0.15) is 0 Å². The molecule has 0 aliphatic carbocycles. The standard InChI is InChI=1S/C21H29FO3/c1-5-16(12-17-7-9-21(25)19(22)13-17)6-8-20(24)18(10-11-23)15(4)14(2)3/h7,9-10,12-14,20,23-25H,4-6,8,11H2,1-3H3/b16-12+,18-10-. The van der Waals surface area contributed by atoms with Gasteiger partial charge in [0.2, 0.25) is 0 Å². The third-order valence-corrected chi connectivity index (χ3v) is 4.27. The number of halogens is 1. The van der Waals surface area contributed by atoms with Gasteiger partial charge in [-0.3, -0.25) is 0 Å². The Kier molecular flexibility index (Phi) is 8.59. The van der Waals surface area contributed by atoms with Crippen LogP contribution < -0.4 is 0 Å². The van der Waals surface area contributed by atoms with Crippen molar-refractivity contribution in [2.24, 2.45) is 5.92 Å². The summed E-state index contributed by atoms with van der Waals surface area (Å²) in [4.78, 5) is 0. The maximum absolute atomic E-state index is 13.4. The number of rotatable bonds is 9. The van der Waals surface area contributed by atoms with Gasteiger partial charge in [-0.15, -0.1) is 0 Å². The second-order valence-corrected chi connectivity index (χ2v) is 6.44. The fourth-order valence-electron chi connectivity index (χ4n) is 2.59. The Balaban J connectivity index is 2.84. The van der Waals surface area contributed by atoms with Crippen LogP contribution in [0.25, 0.3) is 6.08 Å². The van der Waals surface area contributed by atoms with Crippen molar-refractivity contribution in [3.63, 3.8) is 0 Å². The van der Waals surface area contributed by atoms with Crippen LogP contribution in [0.15, 0.2) is 47.6 Å². The normalized spacial score (nSPS) is 14.0. The van der Waals surface area contributed by atoms with Gasteiger partial charge in [-0.1, -0.05) is 51.1 Å². The van der Waals surface area contributed by atoms with E-state index >= 15 is 0 Å². The molecule has 25 heavy (non-hydrogen) atoms.